The van der Waals surface area contributed by atoms with Crippen molar-refractivity contribution < 1.29 is 24.0 Å². The van der Waals surface area contributed by atoms with E-state index in [1.807, 2.05) is 31.1 Å². The normalized spacial score (nSPS) is 12.4. The van der Waals surface area contributed by atoms with Gasteiger partial charge in [-0.15, -0.1) is 0 Å². The lowest BCUT2D eigenvalue weighted by Crippen LogP contribution is -2.47. The number of benzene rings is 2. The number of nitro benzene ring substituents is 1. The van der Waals surface area contributed by atoms with Gasteiger partial charge in [0.1, 0.15) is 6.04 Å². The van der Waals surface area contributed by atoms with Crippen molar-refractivity contribution in [2.24, 2.45) is 5.92 Å². The summed E-state index contributed by atoms with van der Waals surface area (Å²) in [5.41, 5.74) is 1.20. The summed E-state index contributed by atoms with van der Waals surface area (Å²) in [7, 11) is 3.79. The van der Waals surface area contributed by atoms with Gasteiger partial charge in [-0.05, 0) is 43.2 Å². The van der Waals surface area contributed by atoms with Crippen LogP contribution in [-0.2, 0) is 14.3 Å². The highest BCUT2D eigenvalue weighted by Gasteiger charge is 2.30. The Labute approximate surface area is 202 Å². The van der Waals surface area contributed by atoms with Crippen molar-refractivity contribution in [3.63, 3.8) is 0 Å². The molecule has 0 fully saturated rings. The topological polar surface area (TPSA) is 131 Å². The van der Waals surface area contributed by atoms with Gasteiger partial charge >= 0.3 is 5.97 Å². The molecule has 1 unspecified atom stereocenters. The summed E-state index contributed by atoms with van der Waals surface area (Å²) >= 11 is 6.00. The molecule has 0 saturated carbocycles. The van der Waals surface area contributed by atoms with E-state index in [0.29, 0.717) is 5.69 Å². The number of carbonyl (C=O) groups is 3. The van der Waals surface area contributed by atoms with Crippen molar-refractivity contribution in [2.75, 3.05) is 24.3 Å². The molecule has 2 rings (SSSR count). The largest absolute Gasteiger partial charge is 0.451 e. The monoisotopic (exact) mass is 490 g/mol. The van der Waals surface area contributed by atoms with E-state index >= 15 is 0 Å². The van der Waals surface area contributed by atoms with E-state index < -0.39 is 34.9 Å². The molecule has 34 heavy (non-hydrogen) atoms. The number of ether oxygens (including phenoxy) is 1. The Bertz CT molecular complexity index is 1070. The third-order valence-electron chi connectivity index (χ3n) is 4.93. The molecule has 0 spiro atoms. The Morgan fingerprint density at radius 2 is 1.68 bits per heavy atom. The molecule has 0 aliphatic heterocycles. The summed E-state index contributed by atoms with van der Waals surface area (Å²) in [4.78, 5) is 50.0. The van der Waals surface area contributed by atoms with Gasteiger partial charge in [-0.1, -0.05) is 25.4 Å². The minimum atomic E-state index is -1.12. The zero-order valence-corrected chi connectivity index (χ0v) is 20.3. The number of nitro groups is 1. The fraction of sp³-hybridized carbons (Fsp3) is 0.348. The molecule has 0 aliphatic rings. The lowest BCUT2D eigenvalue weighted by molar-refractivity contribution is -0.384. The van der Waals surface area contributed by atoms with Crippen LogP contribution in [0.2, 0.25) is 5.02 Å². The summed E-state index contributed by atoms with van der Waals surface area (Å²) in [6.07, 6.45) is -1.12. The van der Waals surface area contributed by atoms with E-state index in [1.54, 1.807) is 26.0 Å². The van der Waals surface area contributed by atoms with Crippen LogP contribution in [0.4, 0.5) is 17.1 Å². The first kappa shape index (κ1) is 26.6. The lowest BCUT2D eigenvalue weighted by Gasteiger charge is -2.23. The Morgan fingerprint density at radius 3 is 2.18 bits per heavy atom. The fourth-order valence-corrected chi connectivity index (χ4v) is 3.17. The van der Waals surface area contributed by atoms with E-state index in [2.05, 4.69) is 10.6 Å². The molecule has 0 heterocycles. The van der Waals surface area contributed by atoms with E-state index in [4.69, 9.17) is 16.3 Å². The van der Waals surface area contributed by atoms with Crippen LogP contribution in [0.3, 0.4) is 0 Å². The Balaban J connectivity index is 2.04. The van der Waals surface area contributed by atoms with Gasteiger partial charge in [-0.25, -0.2) is 4.79 Å². The first-order chi connectivity index (χ1) is 15.9. The van der Waals surface area contributed by atoms with Gasteiger partial charge in [-0.3, -0.25) is 19.7 Å². The highest BCUT2D eigenvalue weighted by atomic mass is 35.5. The molecule has 0 aromatic heterocycles. The third kappa shape index (κ3) is 6.92. The van der Waals surface area contributed by atoms with Gasteiger partial charge in [0.15, 0.2) is 6.10 Å². The zero-order chi connectivity index (χ0) is 25.6. The summed E-state index contributed by atoms with van der Waals surface area (Å²) in [5.74, 6) is -2.40. The quantitative estimate of drug-likeness (QED) is 0.311. The Hall–Kier alpha value is -3.66. The van der Waals surface area contributed by atoms with Gasteiger partial charge < -0.3 is 20.3 Å². The number of hydrogen-bond donors (Lipinski definition) is 2. The zero-order valence-electron chi connectivity index (χ0n) is 19.5. The van der Waals surface area contributed by atoms with Crippen LogP contribution in [0.25, 0.3) is 0 Å². The van der Waals surface area contributed by atoms with Crippen molar-refractivity contribution in [2.45, 2.75) is 32.9 Å². The summed E-state index contributed by atoms with van der Waals surface area (Å²) in [6.45, 7) is 4.81. The van der Waals surface area contributed by atoms with Crippen molar-refractivity contribution in [1.29, 1.82) is 0 Å². The maximum atomic E-state index is 12.7. The van der Waals surface area contributed by atoms with Gasteiger partial charge in [-0.2, -0.15) is 0 Å². The predicted molar refractivity (Wildman–Crippen MR) is 129 cm³/mol. The first-order valence-corrected chi connectivity index (χ1v) is 10.8. The molecule has 11 heteroatoms. The van der Waals surface area contributed by atoms with Crippen molar-refractivity contribution >= 4 is 46.4 Å². The minimum Gasteiger partial charge on any atom is -0.451 e. The molecule has 10 nitrogen and oxygen atoms in total. The van der Waals surface area contributed by atoms with Crippen LogP contribution < -0.4 is 15.5 Å². The number of esters is 1. The molecule has 2 aromatic carbocycles. The molecule has 0 radical (unpaired) electrons. The fourth-order valence-electron chi connectivity index (χ4n) is 2.91. The second-order valence-electron chi connectivity index (χ2n) is 8.13. The second-order valence-corrected chi connectivity index (χ2v) is 8.53. The van der Waals surface area contributed by atoms with Crippen LogP contribution >= 0.6 is 11.6 Å². The number of nitrogens with one attached hydrogen (secondary N) is 2. The van der Waals surface area contributed by atoms with Crippen molar-refractivity contribution in [3.8, 4) is 0 Å². The third-order valence-corrected chi connectivity index (χ3v) is 5.24. The van der Waals surface area contributed by atoms with Gasteiger partial charge in [0.05, 0.1) is 15.5 Å². The second kappa shape index (κ2) is 11.5. The predicted octanol–water partition coefficient (Wildman–Crippen LogP) is 3.64. The number of anilines is 2. The number of halogens is 1. The molecule has 0 aliphatic carbocycles. The molecule has 0 saturated heterocycles. The molecule has 2 atom stereocenters. The van der Waals surface area contributed by atoms with Gasteiger partial charge in [0, 0.05) is 37.6 Å². The van der Waals surface area contributed by atoms with E-state index in [1.165, 1.54) is 13.0 Å². The molecular weight excluding hydrogens is 464 g/mol. The van der Waals surface area contributed by atoms with Gasteiger partial charge in [0.2, 0.25) is 0 Å². The number of hydrogen-bond acceptors (Lipinski definition) is 7. The standard InChI is InChI=1S/C23H27ClN4O6/c1-13(2)20(26-22(30)18-11-10-17(28(32)33)12-19(18)24)23(31)34-14(3)21(29)25-15-6-8-16(9-7-15)27(4)5/h6-14,20H,1-5H3,(H,25,29)(H,26,30)/t14?,20-/m0/s1. The highest BCUT2D eigenvalue weighted by molar-refractivity contribution is 6.34. The van der Waals surface area contributed by atoms with Crippen LogP contribution in [-0.4, -0.2) is 48.9 Å². The smallest absolute Gasteiger partial charge is 0.329 e. The molecule has 0 bridgehead atoms. The van der Waals surface area contributed by atoms with Crippen molar-refractivity contribution in [1.82, 2.24) is 5.32 Å². The molecule has 2 amide bonds. The molecule has 2 aromatic rings. The van der Waals surface area contributed by atoms with Crippen LogP contribution in [0.5, 0.6) is 0 Å². The number of carbonyl (C=O) groups excluding carboxylic acids is 3. The number of rotatable bonds is 9. The van der Waals surface area contributed by atoms with Crippen molar-refractivity contribution in [3.05, 3.63) is 63.2 Å². The molecular formula is C23H27ClN4O6. The van der Waals surface area contributed by atoms with E-state index in [0.717, 1.165) is 17.8 Å². The lowest BCUT2D eigenvalue weighted by atomic mass is 10.0. The Kier molecular flexibility index (Phi) is 8.97. The number of amides is 2. The van der Waals surface area contributed by atoms with E-state index in [9.17, 15) is 24.5 Å². The van der Waals surface area contributed by atoms with Gasteiger partial charge in [0.25, 0.3) is 17.5 Å². The average molecular weight is 491 g/mol. The summed E-state index contributed by atoms with van der Waals surface area (Å²) in [5, 5.41) is 15.9. The summed E-state index contributed by atoms with van der Waals surface area (Å²) in [6, 6.07) is 9.45. The van der Waals surface area contributed by atoms with Crippen LogP contribution in [0.1, 0.15) is 31.1 Å². The maximum Gasteiger partial charge on any atom is 0.329 e. The molecule has 2 N–H and O–H groups in total. The van der Waals surface area contributed by atoms with E-state index in [-0.39, 0.29) is 22.2 Å². The first-order valence-electron chi connectivity index (χ1n) is 10.4. The molecule has 182 valence electrons. The number of nitrogens with zero attached hydrogens (tertiary/aromatic N) is 2. The van der Waals surface area contributed by atoms with Crippen LogP contribution in [0.15, 0.2) is 42.5 Å². The average Bonchev–Trinajstić information content (AvgIpc) is 2.76. The Morgan fingerprint density at radius 1 is 1.06 bits per heavy atom. The van der Waals surface area contributed by atoms with Crippen LogP contribution in [0, 0.1) is 16.0 Å². The minimum absolute atomic E-state index is 0.0299. The highest BCUT2D eigenvalue weighted by Crippen LogP contribution is 2.23. The SMILES string of the molecule is CC(OC(=O)[C@@H](NC(=O)c1ccc([N+](=O)[O-])cc1Cl)C(C)C)C(=O)Nc1ccc(N(C)C)cc1. The summed E-state index contributed by atoms with van der Waals surface area (Å²) < 4.78 is 5.29. The maximum absolute atomic E-state index is 12.7. The number of non-ortho nitro benzene ring substituents is 1.